The average molecular weight is 287 g/mol. The molecule has 6 heteroatoms. The van der Waals surface area contributed by atoms with Crippen molar-refractivity contribution in [3.8, 4) is 0 Å². The molecule has 2 rings (SSSR count). The van der Waals surface area contributed by atoms with Crippen LogP contribution in [-0.4, -0.2) is 41.8 Å². The predicted octanol–water partition coefficient (Wildman–Crippen LogP) is 0.528. The molecule has 21 heavy (non-hydrogen) atoms. The summed E-state index contributed by atoms with van der Waals surface area (Å²) in [6, 6.07) is 8.81. The topological polar surface area (TPSA) is 78.5 Å². The fourth-order valence-electron chi connectivity index (χ4n) is 2.01. The van der Waals surface area contributed by atoms with Crippen LogP contribution < -0.4 is 10.6 Å². The summed E-state index contributed by atoms with van der Waals surface area (Å²) in [4.78, 5) is 35.8. The van der Waals surface area contributed by atoms with Crippen molar-refractivity contribution in [2.45, 2.75) is 13.0 Å². The zero-order chi connectivity index (χ0) is 15.2. The van der Waals surface area contributed by atoms with Gasteiger partial charge in [0.1, 0.15) is 6.04 Å². The number of carbonyl (C=O) groups is 3. The highest BCUT2D eigenvalue weighted by Gasteiger charge is 2.32. The van der Waals surface area contributed by atoms with Gasteiger partial charge in [0.25, 0.3) is 11.8 Å². The Hall–Kier alpha value is -2.63. The molecule has 6 nitrogen and oxygen atoms in total. The van der Waals surface area contributed by atoms with Crippen molar-refractivity contribution in [3.63, 3.8) is 0 Å². The molecule has 0 aromatic heterocycles. The minimum Gasteiger partial charge on any atom is -0.383 e. The van der Waals surface area contributed by atoms with Crippen LogP contribution >= 0.6 is 0 Å². The summed E-state index contributed by atoms with van der Waals surface area (Å²) < 4.78 is 0. The van der Waals surface area contributed by atoms with Gasteiger partial charge in [-0.05, 0) is 19.1 Å². The van der Waals surface area contributed by atoms with Gasteiger partial charge in [0.2, 0.25) is 5.91 Å². The number of hydrogen-bond acceptors (Lipinski definition) is 4. The Labute approximate surface area is 122 Å². The highest BCUT2D eigenvalue weighted by molar-refractivity contribution is 6.15. The maximum Gasteiger partial charge on any atom is 0.254 e. The zero-order valence-electron chi connectivity index (χ0n) is 11.7. The Morgan fingerprint density at radius 3 is 2.33 bits per heavy atom. The molecule has 0 saturated carbocycles. The third-order valence-electron chi connectivity index (χ3n) is 3.14. The van der Waals surface area contributed by atoms with E-state index in [9.17, 15) is 14.4 Å². The molecule has 0 fully saturated rings. The Balaban J connectivity index is 1.74. The minimum absolute atomic E-state index is 0.352. The third kappa shape index (κ3) is 3.68. The van der Waals surface area contributed by atoms with Crippen molar-refractivity contribution in [1.29, 1.82) is 0 Å². The van der Waals surface area contributed by atoms with Crippen molar-refractivity contribution >= 4 is 23.4 Å². The molecule has 1 atom stereocenters. The van der Waals surface area contributed by atoms with E-state index >= 15 is 0 Å². The number of nitrogens with zero attached hydrogens (tertiary/aromatic N) is 1. The van der Waals surface area contributed by atoms with Gasteiger partial charge in [-0.15, -0.1) is 0 Å². The first-order chi connectivity index (χ1) is 10.1. The molecule has 0 radical (unpaired) electrons. The molecular weight excluding hydrogens is 270 g/mol. The molecule has 0 aliphatic carbocycles. The second-order valence-corrected chi connectivity index (χ2v) is 4.64. The van der Waals surface area contributed by atoms with E-state index in [1.165, 1.54) is 19.1 Å². The highest BCUT2D eigenvalue weighted by atomic mass is 16.2. The molecule has 0 bridgehead atoms. The van der Waals surface area contributed by atoms with Crippen LogP contribution in [0.2, 0.25) is 0 Å². The number of amides is 3. The Bertz CT molecular complexity index is 551. The lowest BCUT2D eigenvalue weighted by Gasteiger charge is -2.21. The Morgan fingerprint density at radius 2 is 1.71 bits per heavy atom. The van der Waals surface area contributed by atoms with Gasteiger partial charge in [0.05, 0.1) is 0 Å². The molecule has 1 heterocycles. The Kier molecular flexibility index (Phi) is 4.71. The van der Waals surface area contributed by atoms with Gasteiger partial charge < -0.3 is 10.6 Å². The monoisotopic (exact) mass is 287 g/mol. The van der Waals surface area contributed by atoms with E-state index in [1.807, 2.05) is 30.3 Å². The van der Waals surface area contributed by atoms with Crippen molar-refractivity contribution in [1.82, 2.24) is 10.2 Å². The van der Waals surface area contributed by atoms with Gasteiger partial charge in [-0.25, -0.2) is 0 Å². The van der Waals surface area contributed by atoms with Gasteiger partial charge in [0.15, 0.2) is 0 Å². The molecule has 1 aromatic carbocycles. The van der Waals surface area contributed by atoms with E-state index in [1.54, 1.807) is 0 Å². The van der Waals surface area contributed by atoms with Gasteiger partial charge in [-0.2, -0.15) is 0 Å². The molecule has 3 amide bonds. The number of benzene rings is 1. The van der Waals surface area contributed by atoms with Crippen LogP contribution in [0.25, 0.3) is 0 Å². The first-order valence-electron chi connectivity index (χ1n) is 6.71. The van der Waals surface area contributed by atoms with E-state index < -0.39 is 17.9 Å². The summed E-state index contributed by atoms with van der Waals surface area (Å²) in [5, 5.41) is 5.85. The van der Waals surface area contributed by atoms with Gasteiger partial charge in [-0.3, -0.25) is 19.3 Å². The summed E-state index contributed by atoms with van der Waals surface area (Å²) in [5.74, 6) is -1.26. The molecule has 1 aromatic rings. The van der Waals surface area contributed by atoms with Crippen molar-refractivity contribution in [3.05, 3.63) is 42.5 Å². The Morgan fingerprint density at radius 1 is 1.10 bits per heavy atom. The summed E-state index contributed by atoms with van der Waals surface area (Å²) in [5.41, 5.74) is 0.967. The van der Waals surface area contributed by atoms with Crippen LogP contribution in [0.1, 0.15) is 6.92 Å². The van der Waals surface area contributed by atoms with Crippen LogP contribution in [-0.2, 0) is 14.4 Å². The predicted molar refractivity (Wildman–Crippen MR) is 78.4 cm³/mol. The van der Waals surface area contributed by atoms with Crippen LogP contribution in [0.5, 0.6) is 0 Å². The average Bonchev–Trinajstić information content (AvgIpc) is 2.83. The van der Waals surface area contributed by atoms with Gasteiger partial charge in [-0.1, -0.05) is 18.2 Å². The highest BCUT2D eigenvalue weighted by Crippen LogP contribution is 2.09. The standard InChI is InChI=1S/C15H17N3O3/c1-11(18-13(19)7-8-14(18)20)15(21)17-10-9-16-12-5-3-2-4-6-12/h2-8,11,16H,9-10H2,1H3,(H,17,21)/t11-/m0/s1. The summed E-state index contributed by atoms with van der Waals surface area (Å²) in [7, 11) is 0. The third-order valence-corrected chi connectivity index (χ3v) is 3.14. The van der Waals surface area contributed by atoms with E-state index in [0.717, 1.165) is 10.6 Å². The zero-order valence-corrected chi connectivity index (χ0v) is 11.7. The number of nitrogens with one attached hydrogen (secondary N) is 2. The fourth-order valence-corrected chi connectivity index (χ4v) is 2.01. The van der Waals surface area contributed by atoms with E-state index in [4.69, 9.17) is 0 Å². The second-order valence-electron chi connectivity index (χ2n) is 4.64. The first kappa shape index (κ1) is 14.8. The van der Waals surface area contributed by atoms with E-state index in [-0.39, 0.29) is 5.91 Å². The fraction of sp³-hybridized carbons (Fsp3) is 0.267. The second kappa shape index (κ2) is 6.69. The van der Waals surface area contributed by atoms with Crippen molar-refractivity contribution < 1.29 is 14.4 Å². The first-order valence-corrected chi connectivity index (χ1v) is 6.71. The summed E-state index contributed by atoms with van der Waals surface area (Å²) >= 11 is 0. The number of imide groups is 1. The molecule has 1 aliphatic rings. The molecule has 2 N–H and O–H groups in total. The van der Waals surface area contributed by atoms with E-state index in [2.05, 4.69) is 10.6 Å². The largest absolute Gasteiger partial charge is 0.383 e. The number of carbonyl (C=O) groups excluding carboxylic acids is 3. The van der Waals surface area contributed by atoms with Crippen LogP contribution in [0.4, 0.5) is 5.69 Å². The van der Waals surface area contributed by atoms with Crippen molar-refractivity contribution in [2.24, 2.45) is 0 Å². The quantitative estimate of drug-likeness (QED) is 0.591. The number of rotatable bonds is 6. The normalized spacial score (nSPS) is 15.2. The maximum absolute atomic E-state index is 11.9. The number of para-hydroxylation sites is 1. The summed E-state index contributed by atoms with van der Waals surface area (Å²) in [6.07, 6.45) is 2.34. The van der Waals surface area contributed by atoms with E-state index in [0.29, 0.717) is 13.1 Å². The summed E-state index contributed by atoms with van der Waals surface area (Å²) in [6.45, 7) is 2.49. The van der Waals surface area contributed by atoms with Crippen molar-refractivity contribution in [2.75, 3.05) is 18.4 Å². The lowest BCUT2D eigenvalue weighted by molar-refractivity contribution is -0.144. The maximum atomic E-state index is 11.9. The molecule has 1 aliphatic heterocycles. The molecule has 0 spiro atoms. The lowest BCUT2D eigenvalue weighted by atomic mass is 10.2. The molecular formula is C15H17N3O3. The van der Waals surface area contributed by atoms with Crippen LogP contribution in [0, 0.1) is 0 Å². The van der Waals surface area contributed by atoms with Crippen LogP contribution in [0.3, 0.4) is 0 Å². The van der Waals surface area contributed by atoms with Gasteiger partial charge in [0, 0.05) is 30.9 Å². The molecule has 110 valence electrons. The smallest absolute Gasteiger partial charge is 0.254 e. The molecule has 0 saturated heterocycles. The minimum atomic E-state index is -0.809. The number of anilines is 1. The SMILES string of the molecule is C[C@@H](C(=O)NCCNc1ccccc1)N1C(=O)C=CC1=O. The molecule has 0 unspecified atom stereocenters. The van der Waals surface area contributed by atoms with Crippen LogP contribution in [0.15, 0.2) is 42.5 Å². The lowest BCUT2D eigenvalue weighted by Crippen LogP contribution is -2.48. The van der Waals surface area contributed by atoms with Gasteiger partial charge >= 0.3 is 0 Å². The number of hydrogen-bond donors (Lipinski definition) is 2.